The van der Waals surface area contributed by atoms with Crippen LogP contribution in [0.5, 0.6) is 0 Å². The van der Waals surface area contributed by atoms with Crippen molar-refractivity contribution in [3.05, 3.63) is 24.0 Å². The van der Waals surface area contributed by atoms with Gasteiger partial charge in [-0.25, -0.2) is 4.79 Å². The number of nitrogens with zero attached hydrogens (tertiary/aromatic N) is 3. The van der Waals surface area contributed by atoms with Crippen molar-refractivity contribution in [2.24, 2.45) is 12.8 Å². The highest BCUT2D eigenvalue weighted by Crippen LogP contribution is 2.22. The summed E-state index contributed by atoms with van der Waals surface area (Å²) in [6.45, 7) is 3.62. The quantitative estimate of drug-likeness (QED) is 0.589. The molecule has 0 aromatic carbocycles. The zero-order chi connectivity index (χ0) is 21.0. The van der Waals surface area contributed by atoms with E-state index in [-0.39, 0.29) is 43.5 Å². The van der Waals surface area contributed by atoms with Gasteiger partial charge in [0.1, 0.15) is 11.7 Å². The number of rotatable bonds is 6. The van der Waals surface area contributed by atoms with Gasteiger partial charge in [0.25, 0.3) is 5.91 Å². The first-order valence-corrected chi connectivity index (χ1v) is 9.12. The topological polar surface area (TPSA) is 130 Å². The third kappa shape index (κ3) is 5.02. The Labute approximate surface area is 164 Å². The molecule has 1 fully saturated rings. The van der Waals surface area contributed by atoms with E-state index in [9.17, 15) is 19.2 Å². The number of amides is 5. The lowest BCUT2D eigenvalue weighted by molar-refractivity contribution is -0.137. The van der Waals surface area contributed by atoms with Gasteiger partial charge in [-0.15, -0.1) is 0 Å². The maximum atomic E-state index is 13.0. The number of urea groups is 1. The summed E-state index contributed by atoms with van der Waals surface area (Å²) >= 11 is 0. The molecule has 1 aliphatic rings. The number of primary amides is 1. The van der Waals surface area contributed by atoms with Crippen molar-refractivity contribution in [3.63, 3.8) is 0 Å². The van der Waals surface area contributed by atoms with E-state index in [0.717, 1.165) is 0 Å². The first-order chi connectivity index (χ1) is 13.1. The summed E-state index contributed by atoms with van der Waals surface area (Å²) < 4.78 is 1.67. The average molecular weight is 392 g/mol. The van der Waals surface area contributed by atoms with Crippen molar-refractivity contribution in [1.82, 2.24) is 25.0 Å². The van der Waals surface area contributed by atoms with E-state index in [1.807, 2.05) is 13.8 Å². The van der Waals surface area contributed by atoms with Crippen molar-refractivity contribution in [2.45, 2.75) is 38.4 Å². The molecule has 154 valence electrons. The maximum Gasteiger partial charge on any atom is 0.315 e. The summed E-state index contributed by atoms with van der Waals surface area (Å²) in [5.41, 5.74) is 5.61. The van der Waals surface area contributed by atoms with E-state index in [1.165, 1.54) is 16.8 Å². The van der Waals surface area contributed by atoms with Gasteiger partial charge in [-0.3, -0.25) is 14.4 Å². The molecule has 0 unspecified atom stereocenters. The van der Waals surface area contributed by atoms with Crippen molar-refractivity contribution < 1.29 is 19.2 Å². The van der Waals surface area contributed by atoms with Crippen LogP contribution in [0.15, 0.2) is 18.3 Å². The van der Waals surface area contributed by atoms with Crippen molar-refractivity contribution in [3.8, 4) is 0 Å². The van der Waals surface area contributed by atoms with Crippen molar-refractivity contribution in [1.29, 1.82) is 0 Å². The largest absolute Gasteiger partial charge is 0.368 e. The Kier molecular flexibility index (Phi) is 6.66. The highest BCUT2D eigenvalue weighted by Gasteiger charge is 2.42. The lowest BCUT2D eigenvalue weighted by Gasteiger charge is -2.27. The van der Waals surface area contributed by atoms with Crippen molar-refractivity contribution in [2.75, 3.05) is 20.1 Å². The van der Waals surface area contributed by atoms with E-state index < -0.39 is 17.9 Å². The van der Waals surface area contributed by atoms with Crippen LogP contribution in [0, 0.1) is 0 Å². The highest BCUT2D eigenvalue weighted by atomic mass is 16.2. The Morgan fingerprint density at radius 1 is 1.32 bits per heavy atom. The van der Waals surface area contributed by atoms with Crippen LogP contribution in [0.4, 0.5) is 4.79 Å². The smallest absolute Gasteiger partial charge is 0.315 e. The van der Waals surface area contributed by atoms with Crippen LogP contribution in [-0.2, 0) is 16.6 Å². The Morgan fingerprint density at radius 3 is 2.54 bits per heavy atom. The maximum absolute atomic E-state index is 13.0. The summed E-state index contributed by atoms with van der Waals surface area (Å²) in [6, 6.07) is 1.83. The minimum Gasteiger partial charge on any atom is -0.368 e. The second-order valence-electron chi connectivity index (χ2n) is 7.34. The van der Waals surface area contributed by atoms with Crippen LogP contribution in [0.3, 0.4) is 0 Å². The predicted molar refractivity (Wildman–Crippen MR) is 102 cm³/mol. The molecule has 10 heteroatoms. The Bertz CT molecular complexity index is 759. The van der Waals surface area contributed by atoms with Crippen LogP contribution >= 0.6 is 0 Å². The lowest BCUT2D eigenvalue weighted by Crippen LogP contribution is -2.48. The van der Waals surface area contributed by atoms with Gasteiger partial charge in [-0.2, -0.15) is 0 Å². The third-order valence-electron chi connectivity index (χ3n) is 4.53. The van der Waals surface area contributed by atoms with E-state index in [4.69, 9.17) is 5.73 Å². The molecule has 2 rings (SSSR count). The van der Waals surface area contributed by atoms with Crippen LogP contribution in [0.25, 0.3) is 0 Å². The number of hydrogen-bond donors (Lipinski definition) is 3. The molecule has 10 nitrogen and oxygen atoms in total. The first-order valence-electron chi connectivity index (χ1n) is 9.12. The highest BCUT2D eigenvalue weighted by molar-refractivity contribution is 5.97. The fourth-order valence-corrected chi connectivity index (χ4v) is 3.28. The molecule has 1 aliphatic heterocycles. The molecular formula is C18H28N6O4. The first kappa shape index (κ1) is 21.3. The predicted octanol–water partition coefficient (Wildman–Crippen LogP) is -0.740. The van der Waals surface area contributed by atoms with E-state index >= 15 is 0 Å². The van der Waals surface area contributed by atoms with Gasteiger partial charge < -0.3 is 30.7 Å². The normalized spacial score (nSPS) is 18.8. The van der Waals surface area contributed by atoms with Gasteiger partial charge >= 0.3 is 6.03 Å². The molecule has 2 atom stereocenters. The molecule has 0 radical (unpaired) electrons. The second kappa shape index (κ2) is 8.77. The lowest BCUT2D eigenvalue weighted by atomic mass is 10.1. The molecule has 0 bridgehead atoms. The zero-order valence-electron chi connectivity index (χ0n) is 16.6. The van der Waals surface area contributed by atoms with Gasteiger partial charge in [0, 0.05) is 32.9 Å². The molecule has 1 aromatic rings. The molecule has 0 aliphatic carbocycles. The molecule has 1 saturated heterocycles. The number of likely N-dealkylation sites (N-methyl/N-ethyl adjacent to an activating group) is 1. The standard InChI is InChI=1S/C18H28N6O4/c1-11(2)20-18(28)21-12-8-14(16(26)23(4)10-15(19)25)24(9-12)17(27)13-6-5-7-22(13)3/h5-7,11-12,14H,8-10H2,1-4H3,(H2,19,25)(H2,20,21,28)/t12-,14-/m0/s1. The summed E-state index contributed by atoms with van der Waals surface area (Å²) in [5, 5.41) is 5.54. The summed E-state index contributed by atoms with van der Waals surface area (Å²) in [4.78, 5) is 51.7. The van der Waals surface area contributed by atoms with Crippen LogP contribution in [0.2, 0.25) is 0 Å². The number of hydrogen-bond acceptors (Lipinski definition) is 4. The van der Waals surface area contributed by atoms with Crippen LogP contribution in [0.1, 0.15) is 30.8 Å². The third-order valence-corrected chi connectivity index (χ3v) is 4.53. The number of carbonyl (C=O) groups excluding carboxylic acids is 4. The summed E-state index contributed by atoms with van der Waals surface area (Å²) in [6.07, 6.45) is 1.99. The van der Waals surface area contributed by atoms with E-state index in [0.29, 0.717) is 5.69 Å². The molecule has 0 spiro atoms. The van der Waals surface area contributed by atoms with Gasteiger partial charge in [0.05, 0.1) is 12.6 Å². The minimum absolute atomic E-state index is 0.0402. The van der Waals surface area contributed by atoms with Crippen LogP contribution in [-0.4, -0.2) is 76.4 Å². The summed E-state index contributed by atoms with van der Waals surface area (Å²) in [7, 11) is 3.20. The van der Waals surface area contributed by atoms with E-state index in [1.54, 1.807) is 29.9 Å². The van der Waals surface area contributed by atoms with Gasteiger partial charge in [0.15, 0.2) is 0 Å². The summed E-state index contributed by atoms with van der Waals surface area (Å²) in [5.74, 6) is -1.35. The van der Waals surface area contributed by atoms with Gasteiger partial charge in [-0.1, -0.05) is 0 Å². The Balaban J connectivity index is 2.20. The fourth-order valence-electron chi connectivity index (χ4n) is 3.28. The molecule has 0 saturated carbocycles. The van der Waals surface area contributed by atoms with Gasteiger partial charge in [-0.05, 0) is 32.4 Å². The van der Waals surface area contributed by atoms with E-state index in [2.05, 4.69) is 10.6 Å². The zero-order valence-corrected chi connectivity index (χ0v) is 16.6. The molecule has 2 heterocycles. The van der Waals surface area contributed by atoms with Gasteiger partial charge in [0.2, 0.25) is 11.8 Å². The Morgan fingerprint density at radius 2 is 2.00 bits per heavy atom. The molecule has 28 heavy (non-hydrogen) atoms. The molecular weight excluding hydrogens is 364 g/mol. The average Bonchev–Trinajstić information content (AvgIpc) is 3.18. The number of aryl methyl sites for hydroxylation is 1. The fraction of sp³-hybridized carbons (Fsp3) is 0.556. The number of nitrogens with one attached hydrogen (secondary N) is 2. The van der Waals surface area contributed by atoms with Crippen molar-refractivity contribution >= 4 is 23.8 Å². The minimum atomic E-state index is -0.795. The van der Waals surface area contributed by atoms with Crippen LogP contribution < -0.4 is 16.4 Å². The number of nitrogens with two attached hydrogens (primary N) is 1. The number of likely N-dealkylation sites (tertiary alicyclic amines) is 1. The molecule has 5 amide bonds. The SMILES string of the molecule is CC(C)NC(=O)N[C@H]1C[C@@H](C(=O)N(C)CC(N)=O)N(C(=O)c2cccn2C)C1. The molecule has 4 N–H and O–H groups in total. The Hall–Kier alpha value is -3.04. The monoisotopic (exact) mass is 392 g/mol. The number of carbonyl (C=O) groups is 4. The second-order valence-corrected chi connectivity index (χ2v) is 7.34. The molecule has 1 aromatic heterocycles. The number of aromatic nitrogens is 1.